The molecule has 0 saturated heterocycles. The van der Waals surface area contributed by atoms with Gasteiger partial charge in [0.2, 0.25) is 0 Å². The number of hydrogen-bond acceptors (Lipinski definition) is 2. The molecule has 2 nitrogen and oxygen atoms in total. The van der Waals surface area contributed by atoms with Crippen molar-refractivity contribution in [1.29, 1.82) is 0 Å². The highest BCUT2D eigenvalue weighted by Crippen LogP contribution is 2.10. The first-order chi connectivity index (χ1) is 6.56. The van der Waals surface area contributed by atoms with Gasteiger partial charge in [-0.25, -0.2) is 0 Å². The minimum atomic E-state index is 0.218. The van der Waals surface area contributed by atoms with E-state index in [1.807, 2.05) is 0 Å². The first-order valence-corrected chi connectivity index (χ1v) is 5.40. The van der Waals surface area contributed by atoms with Gasteiger partial charge in [-0.1, -0.05) is 19.9 Å². The Morgan fingerprint density at radius 1 is 1.21 bits per heavy atom. The van der Waals surface area contributed by atoms with Crippen molar-refractivity contribution in [2.45, 2.75) is 46.3 Å². The standard InChI is InChI=1S/C12H24O2/c1-6-7-13-9-12(8-10(2)3)14-11(4)5/h6,10-12H,1,7-9H2,2-5H3. The molecule has 0 rings (SSSR count). The molecule has 0 aromatic heterocycles. The first-order valence-electron chi connectivity index (χ1n) is 5.40. The van der Waals surface area contributed by atoms with Gasteiger partial charge in [0, 0.05) is 0 Å². The van der Waals surface area contributed by atoms with Crippen molar-refractivity contribution in [1.82, 2.24) is 0 Å². The minimum Gasteiger partial charge on any atom is -0.375 e. The van der Waals surface area contributed by atoms with Gasteiger partial charge >= 0.3 is 0 Å². The lowest BCUT2D eigenvalue weighted by Gasteiger charge is -2.21. The van der Waals surface area contributed by atoms with Gasteiger partial charge in [-0.15, -0.1) is 6.58 Å². The predicted molar refractivity (Wildman–Crippen MR) is 60.5 cm³/mol. The highest BCUT2D eigenvalue weighted by molar-refractivity contribution is 4.66. The zero-order chi connectivity index (χ0) is 11.0. The highest BCUT2D eigenvalue weighted by Gasteiger charge is 2.12. The summed E-state index contributed by atoms with van der Waals surface area (Å²) in [6.45, 7) is 13.4. The molecule has 0 aliphatic rings. The lowest BCUT2D eigenvalue weighted by molar-refractivity contribution is -0.0484. The van der Waals surface area contributed by atoms with E-state index in [2.05, 4.69) is 34.3 Å². The van der Waals surface area contributed by atoms with Gasteiger partial charge in [0.1, 0.15) is 0 Å². The number of rotatable bonds is 8. The monoisotopic (exact) mass is 200 g/mol. The van der Waals surface area contributed by atoms with E-state index in [0.29, 0.717) is 19.1 Å². The van der Waals surface area contributed by atoms with Crippen LogP contribution in [0.2, 0.25) is 0 Å². The second kappa shape index (κ2) is 8.01. The van der Waals surface area contributed by atoms with Crippen LogP contribution in [0.5, 0.6) is 0 Å². The third-order valence-corrected chi connectivity index (χ3v) is 1.74. The second-order valence-electron chi connectivity index (χ2n) is 4.26. The van der Waals surface area contributed by atoms with E-state index < -0.39 is 0 Å². The molecule has 0 radical (unpaired) electrons. The fourth-order valence-electron chi connectivity index (χ4n) is 1.36. The topological polar surface area (TPSA) is 18.5 Å². The van der Waals surface area contributed by atoms with Crippen LogP contribution in [0.3, 0.4) is 0 Å². The lowest BCUT2D eigenvalue weighted by atomic mass is 10.1. The average Bonchev–Trinajstić information content (AvgIpc) is 2.02. The molecule has 84 valence electrons. The smallest absolute Gasteiger partial charge is 0.0814 e. The van der Waals surface area contributed by atoms with Crippen molar-refractivity contribution in [2.24, 2.45) is 5.92 Å². The Bertz CT molecular complexity index is 131. The zero-order valence-corrected chi connectivity index (χ0v) is 9.95. The fourth-order valence-corrected chi connectivity index (χ4v) is 1.36. The summed E-state index contributed by atoms with van der Waals surface area (Å²) in [5, 5.41) is 0. The third-order valence-electron chi connectivity index (χ3n) is 1.74. The quantitative estimate of drug-likeness (QED) is 0.443. The Hall–Kier alpha value is -0.340. The van der Waals surface area contributed by atoms with E-state index in [-0.39, 0.29) is 12.2 Å². The van der Waals surface area contributed by atoms with Crippen LogP contribution in [-0.4, -0.2) is 25.4 Å². The van der Waals surface area contributed by atoms with E-state index in [1.165, 1.54) is 0 Å². The number of hydrogen-bond donors (Lipinski definition) is 0. The van der Waals surface area contributed by atoms with E-state index in [0.717, 1.165) is 6.42 Å². The molecule has 0 aromatic carbocycles. The van der Waals surface area contributed by atoms with Crippen LogP contribution in [0.4, 0.5) is 0 Å². The highest BCUT2D eigenvalue weighted by atomic mass is 16.5. The maximum atomic E-state index is 5.75. The van der Waals surface area contributed by atoms with Crippen LogP contribution in [0.15, 0.2) is 12.7 Å². The van der Waals surface area contributed by atoms with E-state index in [9.17, 15) is 0 Å². The summed E-state index contributed by atoms with van der Waals surface area (Å²) in [4.78, 5) is 0. The van der Waals surface area contributed by atoms with Gasteiger partial charge in [-0.3, -0.25) is 0 Å². The normalized spacial score (nSPS) is 13.6. The van der Waals surface area contributed by atoms with Crippen molar-refractivity contribution in [2.75, 3.05) is 13.2 Å². The largest absolute Gasteiger partial charge is 0.375 e. The van der Waals surface area contributed by atoms with Gasteiger partial charge in [-0.2, -0.15) is 0 Å². The molecule has 0 aliphatic heterocycles. The molecule has 0 heterocycles. The Morgan fingerprint density at radius 3 is 2.29 bits per heavy atom. The summed E-state index contributed by atoms with van der Waals surface area (Å²) in [5.74, 6) is 0.645. The molecule has 0 amide bonds. The maximum absolute atomic E-state index is 5.75. The number of ether oxygens (including phenoxy) is 2. The third kappa shape index (κ3) is 8.27. The molecule has 1 atom stereocenters. The Balaban J connectivity index is 3.77. The van der Waals surface area contributed by atoms with Crippen molar-refractivity contribution in [3.05, 3.63) is 12.7 Å². The Labute approximate surface area is 88.3 Å². The van der Waals surface area contributed by atoms with Gasteiger partial charge < -0.3 is 9.47 Å². The van der Waals surface area contributed by atoms with Crippen molar-refractivity contribution < 1.29 is 9.47 Å². The van der Waals surface area contributed by atoms with Crippen LogP contribution in [-0.2, 0) is 9.47 Å². The summed E-state index contributed by atoms with van der Waals surface area (Å²) in [5.41, 5.74) is 0. The van der Waals surface area contributed by atoms with E-state index in [4.69, 9.17) is 9.47 Å². The average molecular weight is 200 g/mol. The molecular formula is C12H24O2. The van der Waals surface area contributed by atoms with Crippen LogP contribution >= 0.6 is 0 Å². The SMILES string of the molecule is C=CCOCC(CC(C)C)OC(C)C. The first kappa shape index (κ1) is 13.7. The van der Waals surface area contributed by atoms with Crippen LogP contribution in [0.25, 0.3) is 0 Å². The summed E-state index contributed by atoms with van der Waals surface area (Å²) >= 11 is 0. The summed E-state index contributed by atoms with van der Waals surface area (Å²) in [7, 11) is 0. The van der Waals surface area contributed by atoms with Gasteiger partial charge in [0.15, 0.2) is 0 Å². The summed E-state index contributed by atoms with van der Waals surface area (Å²) < 4.78 is 11.2. The van der Waals surface area contributed by atoms with Gasteiger partial charge in [-0.05, 0) is 26.2 Å². The fraction of sp³-hybridized carbons (Fsp3) is 0.833. The van der Waals surface area contributed by atoms with Crippen LogP contribution in [0, 0.1) is 5.92 Å². The molecule has 0 spiro atoms. The minimum absolute atomic E-state index is 0.218. The zero-order valence-electron chi connectivity index (χ0n) is 9.95. The molecule has 0 aliphatic carbocycles. The van der Waals surface area contributed by atoms with Crippen LogP contribution < -0.4 is 0 Å². The van der Waals surface area contributed by atoms with Crippen molar-refractivity contribution in [3.8, 4) is 0 Å². The second-order valence-corrected chi connectivity index (χ2v) is 4.26. The molecule has 0 fully saturated rings. The molecule has 2 heteroatoms. The van der Waals surface area contributed by atoms with E-state index in [1.54, 1.807) is 6.08 Å². The maximum Gasteiger partial charge on any atom is 0.0814 e. The molecule has 0 aromatic rings. The summed E-state index contributed by atoms with van der Waals surface area (Å²) in [6.07, 6.45) is 3.30. The Morgan fingerprint density at radius 2 is 1.86 bits per heavy atom. The molecular weight excluding hydrogens is 176 g/mol. The van der Waals surface area contributed by atoms with Gasteiger partial charge in [0.05, 0.1) is 25.4 Å². The summed E-state index contributed by atoms with van der Waals surface area (Å²) in [6, 6.07) is 0. The predicted octanol–water partition coefficient (Wildman–Crippen LogP) is 3.03. The lowest BCUT2D eigenvalue weighted by Crippen LogP contribution is -2.25. The molecule has 0 saturated carbocycles. The van der Waals surface area contributed by atoms with Crippen molar-refractivity contribution >= 4 is 0 Å². The van der Waals surface area contributed by atoms with E-state index >= 15 is 0 Å². The van der Waals surface area contributed by atoms with Crippen LogP contribution in [0.1, 0.15) is 34.1 Å². The molecule has 14 heavy (non-hydrogen) atoms. The van der Waals surface area contributed by atoms with Gasteiger partial charge in [0.25, 0.3) is 0 Å². The Kier molecular flexibility index (Phi) is 7.81. The molecule has 0 N–H and O–H groups in total. The molecule has 1 unspecified atom stereocenters. The molecule has 0 bridgehead atoms. The van der Waals surface area contributed by atoms with Crippen molar-refractivity contribution in [3.63, 3.8) is 0 Å².